The van der Waals surface area contributed by atoms with E-state index < -0.39 is 16.1 Å². The molecule has 0 bridgehead atoms. The van der Waals surface area contributed by atoms with E-state index in [4.69, 9.17) is 0 Å². The molecule has 0 fully saturated rings. The summed E-state index contributed by atoms with van der Waals surface area (Å²) in [5, 5.41) is 2.77. The van der Waals surface area contributed by atoms with E-state index in [-0.39, 0.29) is 36.8 Å². The number of sulfonamides is 1. The Morgan fingerprint density at radius 1 is 1.36 bits per heavy atom. The molecule has 0 saturated carbocycles. The molecule has 1 aromatic heterocycles. The highest BCUT2D eigenvalue weighted by Crippen LogP contribution is 1.99. The summed E-state index contributed by atoms with van der Waals surface area (Å²) in [6.07, 6.45) is 3.80. The van der Waals surface area contributed by atoms with Crippen LogP contribution in [0.5, 0.6) is 0 Å². The van der Waals surface area contributed by atoms with Gasteiger partial charge in [0, 0.05) is 24.9 Å². The van der Waals surface area contributed by atoms with Gasteiger partial charge >= 0.3 is 0 Å². The minimum absolute atomic E-state index is 0.0531. The van der Waals surface area contributed by atoms with Gasteiger partial charge in [0.05, 0.1) is 24.7 Å². The molecular formula is C13H22N4O4S. The topological polar surface area (TPSA) is 121 Å². The van der Waals surface area contributed by atoms with Crippen LogP contribution < -0.4 is 10.0 Å². The van der Waals surface area contributed by atoms with E-state index in [0.717, 1.165) is 5.69 Å². The number of hydrogen-bond donors (Lipinski definition) is 3. The van der Waals surface area contributed by atoms with Crippen molar-refractivity contribution in [2.75, 3.05) is 18.8 Å². The lowest BCUT2D eigenvalue weighted by Gasteiger charge is -2.15. The van der Waals surface area contributed by atoms with E-state index in [1.807, 2.05) is 0 Å². The van der Waals surface area contributed by atoms with Gasteiger partial charge in [0.2, 0.25) is 10.0 Å². The summed E-state index contributed by atoms with van der Waals surface area (Å²) < 4.78 is 26.2. The molecule has 1 atom stereocenters. The standard InChI is InChI=1S/C13H22N4O4S/c1-10(18)7-15-13(11(2)19)4-6-22(20,21)17-5-3-12-8-14-9-16-12/h8-9,13,15,17H,3-7H2,1-2H3,(H,14,16). The number of nitrogens with zero attached hydrogens (tertiary/aromatic N) is 1. The van der Waals surface area contributed by atoms with Gasteiger partial charge in [-0.2, -0.15) is 0 Å². The Kier molecular flexibility index (Phi) is 7.36. The lowest BCUT2D eigenvalue weighted by molar-refractivity contribution is -0.119. The predicted molar refractivity (Wildman–Crippen MR) is 81.9 cm³/mol. The van der Waals surface area contributed by atoms with Crippen molar-refractivity contribution in [3.05, 3.63) is 18.2 Å². The van der Waals surface area contributed by atoms with Crippen LogP contribution in [-0.2, 0) is 26.0 Å². The third-order valence-corrected chi connectivity index (χ3v) is 4.45. The lowest BCUT2D eigenvalue weighted by atomic mass is 10.1. The predicted octanol–water partition coefficient (Wildman–Crippen LogP) is -0.602. The van der Waals surface area contributed by atoms with Crippen LogP contribution in [0.15, 0.2) is 12.5 Å². The molecule has 0 saturated heterocycles. The molecule has 22 heavy (non-hydrogen) atoms. The number of aromatic nitrogens is 2. The number of hydrogen-bond acceptors (Lipinski definition) is 6. The van der Waals surface area contributed by atoms with Crippen LogP contribution >= 0.6 is 0 Å². The summed E-state index contributed by atoms with van der Waals surface area (Å²) in [5.41, 5.74) is 0.840. The summed E-state index contributed by atoms with van der Waals surface area (Å²) in [6, 6.07) is -0.631. The highest BCUT2D eigenvalue weighted by molar-refractivity contribution is 7.89. The Balaban J connectivity index is 2.38. The normalized spacial score (nSPS) is 13.0. The molecule has 9 heteroatoms. The maximum absolute atomic E-state index is 11.9. The first-order valence-electron chi connectivity index (χ1n) is 6.98. The Morgan fingerprint density at radius 3 is 2.64 bits per heavy atom. The summed E-state index contributed by atoms with van der Waals surface area (Å²) in [6.45, 7) is 3.09. The van der Waals surface area contributed by atoms with Crippen molar-refractivity contribution < 1.29 is 18.0 Å². The zero-order chi connectivity index (χ0) is 16.6. The van der Waals surface area contributed by atoms with E-state index in [1.165, 1.54) is 20.2 Å². The first-order valence-corrected chi connectivity index (χ1v) is 8.63. The molecule has 0 aliphatic rings. The van der Waals surface area contributed by atoms with Crippen LogP contribution in [0, 0.1) is 0 Å². The molecule has 0 aliphatic carbocycles. The average molecular weight is 330 g/mol. The van der Waals surface area contributed by atoms with Gasteiger partial charge in [0.25, 0.3) is 0 Å². The van der Waals surface area contributed by atoms with Crippen LogP contribution in [0.3, 0.4) is 0 Å². The molecule has 0 spiro atoms. The number of carbonyl (C=O) groups is 2. The van der Waals surface area contributed by atoms with Gasteiger partial charge in [0.15, 0.2) is 0 Å². The van der Waals surface area contributed by atoms with Crippen molar-refractivity contribution in [2.24, 2.45) is 0 Å². The maximum Gasteiger partial charge on any atom is 0.211 e. The maximum atomic E-state index is 11.9. The number of imidazole rings is 1. The molecule has 1 rings (SSSR count). The first-order chi connectivity index (χ1) is 10.3. The second-order valence-electron chi connectivity index (χ2n) is 5.07. The van der Waals surface area contributed by atoms with E-state index >= 15 is 0 Å². The zero-order valence-corrected chi connectivity index (χ0v) is 13.6. The number of rotatable bonds is 11. The van der Waals surface area contributed by atoms with E-state index in [2.05, 4.69) is 20.0 Å². The van der Waals surface area contributed by atoms with Gasteiger partial charge < -0.3 is 10.3 Å². The smallest absolute Gasteiger partial charge is 0.211 e. The first kappa shape index (κ1) is 18.5. The Hall–Kier alpha value is -1.58. The van der Waals surface area contributed by atoms with Crippen molar-refractivity contribution in [3.63, 3.8) is 0 Å². The Morgan fingerprint density at radius 2 is 2.09 bits per heavy atom. The van der Waals surface area contributed by atoms with Crippen LogP contribution in [0.1, 0.15) is 26.0 Å². The van der Waals surface area contributed by atoms with E-state index in [9.17, 15) is 18.0 Å². The summed E-state index contributed by atoms with van der Waals surface area (Å²) in [4.78, 5) is 29.1. The third kappa shape index (κ3) is 7.43. The van der Waals surface area contributed by atoms with Crippen molar-refractivity contribution in [1.29, 1.82) is 0 Å². The summed E-state index contributed by atoms with van der Waals surface area (Å²) in [7, 11) is -3.46. The number of ketones is 2. The van der Waals surface area contributed by atoms with Gasteiger partial charge in [-0.15, -0.1) is 0 Å². The number of nitrogens with one attached hydrogen (secondary N) is 3. The Bertz CT molecular complexity index is 583. The van der Waals surface area contributed by atoms with Gasteiger partial charge in [-0.1, -0.05) is 0 Å². The average Bonchev–Trinajstić information content (AvgIpc) is 2.90. The molecule has 1 aromatic rings. The zero-order valence-electron chi connectivity index (χ0n) is 12.8. The monoisotopic (exact) mass is 330 g/mol. The van der Waals surface area contributed by atoms with E-state index in [1.54, 1.807) is 6.20 Å². The largest absolute Gasteiger partial charge is 0.348 e. The second-order valence-corrected chi connectivity index (χ2v) is 7.00. The molecule has 8 nitrogen and oxygen atoms in total. The fraction of sp³-hybridized carbons (Fsp3) is 0.615. The SMILES string of the molecule is CC(=O)CNC(CCS(=O)(=O)NCCc1cnc[nH]1)C(C)=O. The van der Waals surface area contributed by atoms with Gasteiger partial charge in [-0.25, -0.2) is 18.1 Å². The van der Waals surface area contributed by atoms with Gasteiger partial charge in [0.1, 0.15) is 11.6 Å². The van der Waals surface area contributed by atoms with Crippen LogP contribution in [0.4, 0.5) is 0 Å². The second kappa shape index (κ2) is 8.76. The van der Waals surface area contributed by atoms with Crippen molar-refractivity contribution in [1.82, 2.24) is 20.0 Å². The minimum atomic E-state index is -3.46. The molecular weight excluding hydrogens is 308 g/mol. The molecule has 0 aromatic carbocycles. The van der Waals surface area contributed by atoms with Crippen molar-refractivity contribution in [2.45, 2.75) is 32.7 Å². The minimum Gasteiger partial charge on any atom is -0.348 e. The fourth-order valence-electron chi connectivity index (χ4n) is 1.82. The molecule has 0 radical (unpaired) electrons. The van der Waals surface area contributed by atoms with Crippen molar-refractivity contribution >= 4 is 21.6 Å². The van der Waals surface area contributed by atoms with Gasteiger partial charge in [-0.05, 0) is 20.3 Å². The van der Waals surface area contributed by atoms with E-state index in [0.29, 0.717) is 6.42 Å². The van der Waals surface area contributed by atoms with Crippen molar-refractivity contribution in [3.8, 4) is 0 Å². The number of carbonyl (C=O) groups excluding carboxylic acids is 2. The summed E-state index contributed by atoms with van der Waals surface area (Å²) in [5.74, 6) is -0.466. The molecule has 3 N–H and O–H groups in total. The quantitative estimate of drug-likeness (QED) is 0.498. The fourth-order valence-corrected chi connectivity index (χ4v) is 2.93. The Labute approximate surface area is 130 Å². The number of Topliss-reactive ketones (excluding diaryl/α,β-unsaturated/α-hetero) is 2. The van der Waals surface area contributed by atoms with Crippen LogP contribution in [0.25, 0.3) is 0 Å². The molecule has 0 aliphatic heterocycles. The molecule has 1 heterocycles. The third-order valence-electron chi connectivity index (χ3n) is 3.03. The highest BCUT2D eigenvalue weighted by atomic mass is 32.2. The summed E-state index contributed by atoms with van der Waals surface area (Å²) >= 11 is 0. The molecule has 0 amide bonds. The van der Waals surface area contributed by atoms with Gasteiger partial charge in [-0.3, -0.25) is 9.59 Å². The molecule has 124 valence electrons. The number of H-pyrrole nitrogens is 1. The number of aromatic amines is 1. The van der Waals surface area contributed by atoms with Crippen LogP contribution in [-0.4, -0.2) is 54.8 Å². The highest BCUT2D eigenvalue weighted by Gasteiger charge is 2.18. The molecule has 1 unspecified atom stereocenters. The van der Waals surface area contributed by atoms with Crippen LogP contribution in [0.2, 0.25) is 0 Å². The lowest BCUT2D eigenvalue weighted by Crippen LogP contribution is -2.40.